The molecule has 0 aliphatic rings. The predicted molar refractivity (Wildman–Crippen MR) is 87.8 cm³/mol. The lowest BCUT2D eigenvalue weighted by Crippen LogP contribution is -1.90. The van der Waals surface area contributed by atoms with Gasteiger partial charge in [0.25, 0.3) is 0 Å². The number of ether oxygens (including phenoxy) is 1. The van der Waals surface area contributed by atoms with Crippen molar-refractivity contribution >= 4 is 34.1 Å². The summed E-state index contributed by atoms with van der Waals surface area (Å²) in [5, 5.41) is 2.35. The first-order valence-corrected chi connectivity index (χ1v) is 7.29. The van der Waals surface area contributed by atoms with Gasteiger partial charge in [0, 0.05) is 21.6 Å². The van der Waals surface area contributed by atoms with E-state index in [2.05, 4.69) is 4.98 Å². The van der Waals surface area contributed by atoms with Crippen LogP contribution < -0.4 is 4.74 Å². The molecule has 106 valence electrons. The number of fused-ring (bicyclic) bond motifs is 1. The lowest BCUT2D eigenvalue weighted by atomic mass is 10.1. The Kier molecular flexibility index (Phi) is 3.75. The average Bonchev–Trinajstić information content (AvgIpc) is 2.44. The van der Waals surface area contributed by atoms with Gasteiger partial charge in [0.15, 0.2) is 0 Å². The molecule has 0 N–H and O–H groups in total. The van der Waals surface area contributed by atoms with E-state index in [1.54, 1.807) is 6.20 Å². The number of pyridine rings is 1. The average molecular weight is 318 g/mol. The van der Waals surface area contributed by atoms with Gasteiger partial charge in [-0.25, -0.2) is 0 Å². The third kappa shape index (κ3) is 2.82. The Morgan fingerprint density at radius 2 is 1.67 bits per heavy atom. The highest BCUT2D eigenvalue weighted by atomic mass is 35.5. The first-order valence-electron chi connectivity index (χ1n) is 6.53. The molecule has 2 aromatic carbocycles. The number of hydrogen-bond acceptors (Lipinski definition) is 2. The molecule has 1 heterocycles. The highest BCUT2D eigenvalue weighted by Gasteiger charge is 2.08. The second kappa shape index (κ2) is 5.55. The van der Waals surface area contributed by atoms with E-state index in [1.807, 2.05) is 50.2 Å². The van der Waals surface area contributed by atoms with Gasteiger partial charge >= 0.3 is 0 Å². The first kappa shape index (κ1) is 14.2. The van der Waals surface area contributed by atoms with E-state index in [0.717, 1.165) is 38.6 Å². The molecule has 0 saturated carbocycles. The van der Waals surface area contributed by atoms with Crippen molar-refractivity contribution in [3.05, 3.63) is 63.8 Å². The van der Waals surface area contributed by atoms with Gasteiger partial charge in [0.05, 0.1) is 5.52 Å². The third-order valence-corrected chi connectivity index (χ3v) is 4.13. The molecule has 0 fully saturated rings. The normalized spacial score (nSPS) is 10.9. The van der Waals surface area contributed by atoms with Crippen LogP contribution in [0.15, 0.2) is 42.6 Å². The fourth-order valence-electron chi connectivity index (χ4n) is 2.28. The molecule has 0 unspecified atom stereocenters. The van der Waals surface area contributed by atoms with Gasteiger partial charge < -0.3 is 4.74 Å². The van der Waals surface area contributed by atoms with Gasteiger partial charge in [0.2, 0.25) is 0 Å². The molecule has 3 aromatic rings. The molecule has 0 saturated heterocycles. The van der Waals surface area contributed by atoms with E-state index in [-0.39, 0.29) is 0 Å². The first-order chi connectivity index (χ1) is 10.0. The van der Waals surface area contributed by atoms with Crippen LogP contribution in [0.25, 0.3) is 10.9 Å². The highest BCUT2D eigenvalue weighted by Crippen LogP contribution is 2.33. The fraction of sp³-hybridized carbons (Fsp3) is 0.118. The summed E-state index contributed by atoms with van der Waals surface area (Å²) in [7, 11) is 0. The zero-order valence-electron chi connectivity index (χ0n) is 11.7. The van der Waals surface area contributed by atoms with Gasteiger partial charge in [-0.15, -0.1) is 0 Å². The van der Waals surface area contributed by atoms with Crippen molar-refractivity contribution < 1.29 is 4.74 Å². The van der Waals surface area contributed by atoms with Crippen molar-refractivity contribution in [2.24, 2.45) is 0 Å². The van der Waals surface area contributed by atoms with Crippen molar-refractivity contribution in [2.75, 3.05) is 0 Å². The lowest BCUT2D eigenvalue weighted by molar-refractivity contribution is 0.487. The van der Waals surface area contributed by atoms with Crippen LogP contribution in [0.4, 0.5) is 0 Å². The van der Waals surface area contributed by atoms with Crippen LogP contribution in [0, 0.1) is 13.8 Å². The molecule has 0 bridgehead atoms. The van der Waals surface area contributed by atoms with E-state index < -0.39 is 0 Å². The molecule has 0 atom stereocenters. The van der Waals surface area contributed by atoms with E-state index in [9.17, 15) is 0 Å². The summed E-state index contributed by atoms with van der Waals surface area (Å²) < 4.78 is 6.01. The van der Waals surface area contributed by atoms with Crippen LogP contribution in [-0.4, -0.2) is 4.98 Å². The number of aryl methyl sites for hydroxylation is 2. The SMILES string of the molecule is Cc1cc(Oc2ccnc3cc(Cl)ccc23)cc(C)c1Cl. The maximum Gasteiger partial charge on any atom is 0.138 e. The summed E-state index contributed by atoms with van der Waals surface area (Å²) in [4.78, 5) is 4.31. The zero-order chi connectivity index (χ0) is 15.0. The van der Waals surface area contributed by atoms with Gasteiger partial charge in [-0.3, -0.25) is 4.98 Å². The highest BCUT2D eigenvalue weighted by molar-refractivity contribution is 6.32. The summed E-state index contributed by atoms with van der Waals surface area (Å²) >= 11 is 12.2. The topological polar surface area (TPSA) is 22.1 Å². The third-order valence-electron chi connectivity index (χ3n) is 3.30. The summed E-state index contributed by atoms with van der Waals surface area (Å²) in [5.74, 6) is 1.51. The van der Waals surface area contributed by atoms with E-state index in [0.29, 0.717) is 5.02 Å². The van der Waals surface area contributed by atoms with Crippen molar-refractivity contribution in [3.63, 3.8) is 0 Å². The van der Waals surface area contributed by atoms with Gasteiger partial charge in [-0.1, -0.05) is 23.2 Å². The number of halogens is 2. The van der Waals surface area contributed by atoms with E-state index in [1.165, 1.54) is 0 Å². The van der Waals surface area contributed by atoms with Crippen molar-refractivity contribution in [1.82, 2.24) is 4.98 Å². The Morgan fingerprint density at radius 1 is 0.952 bits per heavy atom. The number of rotatable bonds is 2. The Hall–Kier alpha value is -1.77. The molecule has 0 radical (unpaired) electrons. The maximum absolute atomic E-state index is 6.18. The molecule has 2 nitrogen and oxygen atoms in total. The molecule has 3 rings (SSSR count). The molecule has 21 heavy (non-hydrogen) atoms. The van der Waals surface area contributed by atoms with Crippen molar-refractivity contribution in [3.8, 4) is 11.5 Å². The van der Waals surface area contributed by atoms with Crippen LogP contribution in [0.1, 0.15) is 11.1 Å². The van der Waals surface area contributed by atoms with Crippen LogP contribution in [-0.2, 0) is 0 Å². The predicted octanol–water partition coefficient (Wildman–Crippen LogP) is 5.95. The number of benzene rings is 2. The number of hydrogen-bond donors (Lipinski definition) is 0. The minimum absolute atomic E-state index is 0.658. The second-order valence-corrected chi connectivity index (χ2v) is 5.76. The fourth-order valence-corrected chi connectivity index (χ4v) is 2.55. The van der Waals surface area contributed by atoms with Gasteiger partial charge in [-0.2, -0.15) is 0 Å². The minimum Gasteiger partial charge on any atom is -0.457 e. The zero-order valence-corrected chi connectivity index (χ0v) is 13.2. The number of nitrogens with zero attached hydrogens (tertiary/aromatic N) is 1. The minimum atomic E-state index is 0.658. The molecule has 4 heteroatoms. The van der Waals surface area contributed by atoms with E-state index in [4.69, 9.17) is 27.9 Å². The quantitative estimate of drug-likeness (QED) is 0.582. The van der Waals surface area contributed by atoms with Crippen molar-refractivity contribution in [1.29, 1.82) is 0 Å². The van der Waals surface area contributed by atoms with Gasteiger partial charge in [-0.05, 0) is 61.4 Å². The summed E-state index contributed by atoms with van der Waals surface area (Å²) in [6.45, 7) is 3.93. The van der Waals surface area contributed by atoms with Gasteiger partial charge in [0.1, 0.15) is 11.5 Å². The van der Waals surface area contributed by atoms with Crippen LogP contribution in [0.3, 0.4) is 0 Å². The van der Waals surface area contributed by atoms with Crippen LogP contribution >= 0.6 is 23.2 Å². The Bertz CT molecular complexity index is 807. The van der Waals surface area contributed by atoms with Crippen LogP contribution in [0.2, 0.25) is 10.0 Å². The summed E-state index contributed by atoms with van der Waals surface area (Å²) in [6.07, 6.45) is 1.71. The molecule has 1 aromatic heterocycles. The molecule has 0 amide bonds. The van der Waals surface area contributed by atoms with Crippen molar-refractivity contribution in [2.45, 2.75) is 13.8 Å². The molecule has 0 aliphatic carbocycles. The lowest BCUT2D eigenvalue weighted by Gasteiger charge is -2.11. The smallest absolute Gasteiger partial charge is 0.138 e. The van der Waals surface area contributed by atoms with Crippen LogP contribution in [0.5, 0.6) is 11.5 Å². The second-order valence-electron chi connectivity index (χ2n) is 4.94. The Labute approximate surface area is 133 Å². The number of aromatic nitrogens is 1. The Morgan fingerprint density at radius 3 is 2.38 bits per heavy atom. The summed E-state index contributed by atoms with van der Waals surface area (Å²) in [5.41, 5.74) is 2.79. The standard InChI is InChI=1S/C17H13Cl2NO/c1-10-7-13(8-11(2)17(10)19)21-16-5-6-20-15-9-12(18)3-4-14(15)16/h3-9H,1-2H3. The monoisotopic (exact) mass is 317 g/mol. The molecule has 0 aliphatic heterocycles. The molecule has 0 spiro atoms. The molecular weight excluding hydrogens is 305 g/mol. The molecular formula is C17H13Cl2NO. The van der Waals surface area contributed by atoms with E-state index >= 15 is 0 Å². The summed E-state index contributed by atoms with van der Waals surface area (Å²) in [6, 6.07) is 11.3. The Balaban J connectivity index is 2.06. The maximum atomic E-state index is 6.18. The largest absolute Gasteiger partial charge is 0.457 e.